The Kier molecular flexibility index (Phi) is 2.26. The van der Waals surface area contributed by atoms with Gasteiger partial charge in [-0.05, 0) is 30.8 Å². The normalized spacial score (nSPS) is 20.9. The van der Waals surface area contributed by atoms with Gasteiger partial charge in [0.2, 0.25) is 0 Å². The molecule has 78 valence electrons. The molecule has 1 aliphatic rings. The van der Waals surface area contributed by atoms with Gasteiger partial charge in [-0.15, -0.1) is 11.3 Å². The molecule has 0 spiro atoms. The predicted octanol–water partition coefficient (Wildman–Crippen LogP) is 1.96. The van der Waals surface area contributed by atoms with Crippen molar-refractivity contribution in [3.05, 3.63) is 23.3 Å². The fourth-order valence-electron chi connectivity index (χ4n) is 1.86. The number of H-pyrrole nitrogens is 1. The minimum absolute atomic E-state index is 0.367. The number of nitrogens with zero attached hydrogens (tertiary/aromatic N) is 2. The van der Waals surface area contributed by atoms with E-state index < -0.39 is 0 Å². The van der Waals surface area contributed by atoms with Crippen LogP contribution in [0, 0.1) is 0 Å². The molecule has 0 bridgehead atoms. The summed E-state index contributed by atoms with van der Waals surface area (Å²) in [7, 11) is 0. The second-order valence-electron chi connectivity index (χ2n) is 3.67. The number of aromatic amines is 1. The van der Waals surface area contributed by atoms with Crippen molar-refractivity contribution in [2.45, 2.75) is 18.9 Å². The van der Waals surface area contributed by atoms with Gasteiger partial charge < -0.3 is 5.32 Å². The third-order valence-electron chi connectivity index (χ3n) is 2.63. The molecular weight excluding hydrogens is 208 g/mol. The Bertz CT molecular complexity index is 428. The average molecular weight is 220 g/mol. The van der Waals surface area contributed by atoms with E-state index in [9.17, 15) is 0 Å². The van der Waals surface area contributed by atoms with Gasteiger partial charge in [-0.3, -0.25) is 5.10 Å². The van der Waals surface area contributed by atoms with Crippen LogP contribution in [0.4, 0.5) is 0 Å². The van der Waals surface area contributed by atoms with Crippen LogP contribution in [-0.2, 0) is 0 Å². The molecule has 1 saturated heterocycles. The highest BCUT2D eigenvalue weighted by atomic mass is 32.1. The molecule has 1 atom stereocenters. The number of aromatic nitrogens is 3. The summed E-state index contributed by atoms with van der Waals surface area (Å²) in [5.74, 6) is 1.78. The van der Waals surface area contributed by atoms with Gasteiger partial charge in [0.25, 0.3) is 0 Å². The Morgan fingerprint density at radius 3 is 3.20 bits per heavy atom. The van der Waals surface area contributed by atoms with Crippen molar-refractivity contribution in [2.75, 3.05) is 6.54 Å². The summed E-state index contributed by atoms with van der Waals surface area (Å²) in [6, 6.07) is 4.43. The lowest BCUT2D eigenvalue weighted by Crippen LogP contribution is -2.14. The van der Waals surface area contributed by atoms with E-state index in [2.05, 4.69) is 20.5 Å². The maximum Gasteiger partial charge on any atom is 0.191 e. The van der Waals surface area contributed by atoms with Crippen LogP contribution >= 0.6 is 11.3 Å². The zero-order valence-corrected chi connectivity index (χ0v) is 9.05. The summed E-state index contributed by atoms with van der Waals surface area (Å²) in [4.78, 5) is 5.64. The average Bonchev–Trinajstić information content (AvgIpc) is 3.02. The molecule has 2 aromatic rings. The van der Waals surface area contributed by atoms with Crippen molar-refractivity contribution >= 4 is 11.3 Å². The molecular formula is C10H12N4S. The van der Waals surface area contributed by atoms with Crippen LogP contribution in [0.15, 0.2) is 17.5 Å². The largest absolute Gasteiger partial charge is 0.307 e. The molecule has 2 aromatic heterocycles. The lowest BCUT2D eigenvalue weighted by molar-refractivity contribution is 0.608. The van der Waals surface area contributed by atoms with Crippen LogP contribution in [0.1, 0.15) is 24.7 Å². The molecule has 0 aliphatic carbocycles. The van der Waals surface area contributed by atoms with E-state index in [0.717, 1.165) is 29.5 Å². The molecule has 0 amide bonds. The summed E-state index contributed by atoms with van der Waals surface area (Å²) < 4.78 is 0. The molecule has 0 unspecified atom stereocenters. The van der Waals surface area contributed by atoms with E-state index in [1.165, 1.54) is 6.42 Å². The van der Waals surface area contributed by atoms with Crippen molar-refractivity contribution in [2.24, 2.45) is 0 Å². The maximum absolute atomic E-state index is 4.52. The molecule has 1 aliphatic heterocycles. The quantitative estimate of drug-likeness (QED) is 0.813. The molecule has 0 radical (unpaired) electrons. The topological polar surface area (TPSA) is 53.6 Å². The molecule has 4 nitrogen and oxygen atoms in total. The Balaban J connectivity index is 1.87. The summed E-state index contributed by atoms with van der Waals surface area (Å²) in [6.45, 7) is 1.08. The van der Waals surface area contributed by atoms with E-state index in [1.54, 1.807) is 11.3 Å². The van der Waals surface area contributed by atoms with Gasteiger partial charge in [-0.1, -0.05) is 6.07 Å². The molecule has 2 N–H and O–H groups in total. The first kappa shape index (κ1) is 9.06. The van der Waals surface area contributed by atoms with Crippen molar-refractivity contribution in [1.82, 2.24) is 20.5 Å². The van der Waals surface area contributed by atoms with Crippen molar-refractivity contribution in [3.8, 4) is 10.7 Å². The van der Waals surface area contributed by atoms with E-state index >= 15 is 0 Å². The van der Waals surface area contributed by atoms with Crippen molar-refractivity contribution < 1.29 is 0 Å². The number of nitrogens with one attached hydrogen (secondary N) is 2. The van der Waals surface area contributed by atoms with Crippen LogP contribution in [0.25, 0.3) is 10.7 Å². The second kappa shape index (κ2) is 3.75. The summed E-state index contributed by atoms with van der Waals surface area (Å²) >= 11 is 1.67. The van der Waals surface area contributed by atoms with E-state index in [-0.39, 0.29) is 0 Å². The summed E-state index contributed by atoms with van der Waals surface area (Å²) in [5, 5.41) is 12.7. The zero-order chi connectivity index (χ0) is 10.1. The van der Waals surface area contributed by atoms with Crippen LogP contribution in [0.2, 0.25) is 0 Å². The zero-order valence-electron chi connectivity index (χ0n) is 8.23. The van der Waals surface area contributed by atoms with Gasteiger partial charge in [0.05, 0.1) is 10.9 Å². The standard InChI is InChI=1S/C10H12N4S/c1-3-7(11-5-1)9-12-10(14-13-9)8-4-2-6-15-8/h2,4,6-7,11H,1,3,5H2,(H,12,13,14)/t7-/m1/s1. The van der Waals surface area contributed by atoms with E-state index in [4.69, 9.17) is 0 Å². The summed E-state index contributed by atoms with van der Waals surface area (Å²) in [5.41, 5.74) is 0. The maximum atomic E-state index is 4.52. The minimum atomic E-state index is 0.367. The molecule has 3 rings (SSSR count). The molecule has 15 heavy (non-hydrogen) atoms. The number of rotatable bonds is 2. The lowest BCUT2D eigenvalue weighted by atomic mass is 10.2. The Hall–Kier alpha value is -1.20. The van der Waals surface area contributed by atoms with Gasteiger partial charge in [-0.2, -0.15) is 5.10 Å². The van der Waals surface area contributed by atoms with Crippen molar-refractivity contribution in [3.63, 3.8) is 0 Å². The highest BCUT2D eigenvalue weighted by Crippen LogP contribution is 2.24. The minimum Gasteiger partial charge on any atom is -0.307 e. The number of hydrogen-bond donors (Lipinski definition) is 2. The second-order valence-corrected chi connectivity index (χ2v) is 4.62. The third kappa shape index (κ3) is 1.68. The van der Waals surface area contributed by atoms with Crippen LogP contribution in [0.3, 0.4) is 0 Å². The molecule has 0 saturated carbocycles. The highest BCUT2D eigenvalue weighted by molar-refractivity contribution is 7.13. The van der Waals surface area contributed by atoms with Crippen LogP contribution in [-0.4, -0.2) is 21.7 Å². The SMILES string of the molecule is c1csc(-c2n[nH]c([C@H]3CCCN3)n2)c1. The first-order chi connectivity index (χ1) is 7.43. The molecule has 5 heteroatoms. The fraction of sp³-hybridized carbons (Fsp3) is 0.400. The number of thiophene rings is 1. The van der Waals surface area contributed by atoms with Gasteiger partial charge in [-0.25, -0.2) is 4.98 Å². The van der Waals surface area contributed by atoms with Crippen LogP contribution in [0.5, 0.6) is 0 Å². The van der Waals surface area contributed by atoms with Crippen LogP contribution < -0.4 is 5.32 Å². The highest BCUT2D eigenvalue weighted by Gasteiger charge is 2.20. The summed E-state index contributed by atoms with van der Waals surface area (Å²) in [6.07, 6.45) is 2.37. The van der Waals surface area contributed by atoms with Gasteiger partial charge in [0.1, 0.15) is 5.82 Å². The molecule has 1 fully saturated rings. The van der Waals surface area contributed by atoms with Gasteiger partial charge >= 0.3 is 0 Å². The lowest BCUT2D eigenvalue weighted by Gasteiger charge is -2.03. The smallest absolute Gasteiger partial charge is 0.191 e. The van der Waals surface area contributed by atoms with Gasteiger partial charge in [0.15, 0.2) is 5.82 Å². The first-order valence-electron chi connectivity index (χ1n) is 5.13. The fourth-order valence-corrected chi connectivity index (χ4v) is 2.52. The first-order valence-corrected chi connectivity index (χ1v) is 6.01. The Labute approximate surface area is 91.7 Å². The van der Waals surface area contributed by atoms with E-state index in [0.29, 0.717) is 6.04 Å². The van der Waals surface area contributed by atoms with E-state index in [1.807, 2.05) is 17.5 Å². The van der Waals surface area contributed by atoms with Gasteiger partial charge in [0, 0.05) is 0 Å². The predicted molar refractivity (Wildman–Crippen MR) is 59.7 cm³/mol. The monoisotopic (exact) mass is 220 g/mol. The third-order valence-corrected chi connectivity index (χ3v) is 3.50. The Morgan fingerprint density at radius 2 is 2.47 bits per heavy atom. The Morgan fingerprint density at radius 1 is 1.47 bits per heavy atom. The van der Waals surface area contributed by atoms with Crippen molar-refractivity contribution in [1.29, 1.82) is 0 Å². The number of hydrogen-bond acceptors (Lipinski definition) is 4. The molecule has 3 heterocycles. The molecule has 0 aromatic carbocycles.